The Morgan fingerprint density at radius 2 is 1.84 bits per heavy atom. The van der Waals surface area contributed by atoms with Gasteiger partial charge in [0.2, 0.25) is 0 Å². The SMILES string of the molecule is CNC1CC(C)Oc2c(-c3ccccc3)cccc21. The van der Waals surface area contributed by atoms with E-state index in [0.717, 1.165) is 12.2 Å². The fraction of sp³-hybridized carbons (Fsp3) is 0.294. The Balaban J connectivity index is 2.13. The third-order valence-corrected chi connectivity index (χ3v) is 3.74. The molecule has 1 heterocycles. The Bertz CT molecular complexity index is 565. The summed E-state index contributed by atoms with van der Waals surface area (Å²) in [6.07, 6.45) is 1.26. The summed E-state index contributed by atoms with van der Waals surface area (Å²) in [6, 6.07) is 17.2. The normalized spacial score (nSPS) is 21.6. The number of hydrogen-bond acceptors (Lipinski definition) is 2. The van der Waals surface area contributed by atoms with Crippen LogP contribution in [0.25, 0.3) is 11.1 Å². The van der Waals surface area contributed by atoms with Crippen molar-refractivity contribution in [3.8, 4) is 16.9 Å². The van der Waals surface area contributed by atoms with E-state index in [2.05, 4.69) is 54.7 Å². The average molecular weight is 253 g/mol. The molecule has 98 valence electrons. The molecule has 0 radical (unpaired) electrons. The molecule has 2 aromatic rings. The average Bonchev–Trinajstić information content (AvgIpc) is 2.46. The minimum absolute atomic E-state index is 0.245. The molecule has 2 heteroatoms. The predicted octanol–water partition coefficient (Wildman–Crippen LogP) is 3.79. The van der Waals surface area contributed by atoms with Crippen molar-refractivity contribution in [2.45, 2.75) is 25.5 Å². The minimum Gasteiger partial charge on any atom is -0.490 e. The maximum Gasteiger partial charge on any atom is 0.132 e. The number of hydrogen-bond donors (Lipinski definition) is 1. The van der Waals surface area contributed by atoms with Crippen molar-refractivity contribution in [2.75, 3.05) is 7.05 Å². The van der Waals surface area contributed by atoms with Crippen LogP contribution in [0.4, 0.5) is 0 Å². The molecule has 19 heavy (non-hydrogen) atoms. The fourth-order valence-electron chi connectivity index (χ4n) is 2.79. The molecule has 1 aliphatic heterocycles. The first-order chi connectivity index (χ1) is 9.29. The highest BCUT2D eigenvalue weighted by Gasteiger charge is 2.26. The lowest BCUT2D eigenvalue weighted by Gasteiger charge is -2.31. The molecule has 0 saturated heterocycles. The lowest BCUT2D eigenvalue weighted by Crippen LogP contribution is -2.29. The largest absolute Gasteiger partial charge is 0.490 e. The lowest BCUT2D eigenvalue weighted by molar-refractivity contribution is 0.170. The molecule has 2 nitrogen and oxygen atoms in total. The summed E-state index contributed by atoms with van der Waals surface area (Å²) in [5.74, 6) is 1.03. The van der Waals surface area contributed by atoms with Gasteiger partial charge in [-0.2, -0.15) is 0 Å². The fourth-order valence-corrected chi connectivity index (χ4v) is 2.79. The molecule has 0 fully saturated rings. The van der Waals surface area contributed by atoms with Crippen molar-refractivity contribution >= 4 is 0 Å². The standard InChI is InChI=1S/C17H19NO/c1-12-11-16(18-2)15-10-6-9-14(17(15)19-12)13-7-4-3-5-8-13/h3-10,12,16,18H,11H2,1-2H3. The van der Waals surface area contributed by atoms with Crippen molar-refractivity contribution in [3.05, 3.63) is 54.1 Å². The molecule has 0 aromatic heterocycles. The molecule has 2 aromatic carbocycles. The number of para-hydroxylation sites is 1. The monoisotopic (exact) mass is 253 g/mol. The van der Waals surface area contributed by atoms with Gasteiger partial charge in [-0.05, 0) is 19.5 Å². The highest BCUT2D eigenvalue weighted by atomic mass is 16.5. The van der Waals surface area contributed by atoms with Crippen molar-refractivity contribution < 1.29 is 4.74 Å². The molecule has 0 saturated carbocycles. The van der Waals surface area contributed by atoms with E-state index in [9.17, 15) is 0 Å². The summed E-state index contributed by atoms with van der Waals surface area (Å²) in [7, 11) is 2.02. The van der Waals surface area contributed by atoms with Gasteiger partial charge in [-0.15, -0.1) is 0 Å². The molecule has 2 unspecified atom stereocenters. The molecule has 1 aliphatic rings. The van der Waals surface area contributed by atoms with Gasteiger partial charge >= 0.3 is 0 Å². The van der Waals surface area contributed by atoms with E-state index in [1.54, 1.807) is 0 Å². The van der Waals surface area contributed by atoms with Gasteiger partial charge in [-0.25, -0.2) is 0 Å². The van der Waals surface area contributed by atoms with Gasteiger partial charge in [0, 0.05) is 23.6 Å². The van der Waals surface area contributed by atoms with Gasteiger partial charge < -0.3 is 10.1 Å². The van der Waals surface area contributed by atoms with Gasteiger partial charge in [-0.3, -0.25) is 0 Å². The molecular formula is C17H19NO. The van der Waals surface area contributed by atoms with E-state index >= 15 is 0 Å². The zero-order valence-corrected chi connectivity index (χ0v) is 11.4. The van der Waals surface area contributed by atoms with Crippen LogP contribution in [0.15, 0.2) is 48.5 Å². The molecule has 0 aliphatic carbocycles. The summed E-state index contributed by atoms with van der Waals surface area (Å²) in [4.78, 5) is 0. The third-order valence-electron chi connectivity index (χ3n) is 3.74. The molecule has 0 bridgehead atoms. The van der Waals surface area contributed by atoms with E-state index in [0.29, 0.717) is 6.04 Å². The summed E-state index contributed by atoms with van der Waals surface area (Å²) >= 11 is 0. The van der Waals surface area contributed by atoms with E-state index in [1.165, 1.54) is 16.7 Å². The van der Waals surface area contributed by atoms with Crippen molar-refractivity contribution in [1.82, 2.24) is 5.32 Å². The van der Waals surface area contributed by atoms with Crippen LogP contribution in [0.1, 0.15) is 24.9 Å². The maximum absolute atomic E-state index is 6.11. The Labute approximate surface area is 114 Å². The number of rotatable bonds is 2. The van der Waals surface area contributed by atoms with Crippen molar-refractivity contribution in [2.24, 2.45) is 0 Å². The van der Waals surface area contributed by atoms with Gasteiger partial charge in [-0.1, -0.05) is 48.5 Å². The van der Waals surface area contributed by atoms with E-state index in [1.807, 2.05) is 13.1 Å². The molecule has 3 rings (SSSR count). The Morgan fingerprint density at radius 1 is 1.05 bits per heavy atom. The molecule has 0 spiro atoms. The zero-order chi connectivity index (χ0) is 13.2. The van der Waals surface area contributed by atoms with E-state index in [-0.39, 0.29) is 6.10 Å². The first-order valence-corrected chi connectivity index (χ1v) is 6.82. The van der Waals surface area contributed by atoms with Crippen molar-refractivity contribution in [1.29, 1.82) is 0 Å². The summed E-state index contributed by atoms with van der Waals surface area (Å²) in [5, 5.41) is 3.39. The summed E-state index contributed by atoms with van der Waals surface area (Å²) in [5.41, 5.74) is 3.66. The van der Waals surface area contributed by atoms with Crippen LogP contribution in [-0.4, -0.2) is 13.2 Å². The van der Waals surface area contributed by atoms with Crippen LogP contribution in [0.2, 0.25) is 0 Å². The minimum atomic E-state index is 0.245. The van der Waals surface area contributed by atoms with Crippen LogP contribution < -0.4 is 10.1 Å². The predicted molar refractivity (Wildman–Crippen MR) is 78.4 cm³/mol. The molecule has 0 amide bonds. The van der Waals surface area contributed by atoms with E-state index < -0.39 is 0 Å². The van der Waals surface area contributed by atoms with Crippen LogP contribution >= 0.6 is 0 Å². The second-order valence-corrected chi connectivity index (χ2v) is 5.10. The van der Waals surface area contributed by atoms with Gasteiger partial charge in [0.05, 0.1) is 6.10 Å². The lowest BCUT2D eigenvalue weighted by atomic mass is 9.92. The van der Waals surface area contributed by atoms with Gasteiger partial charge in [0.1, 0.15) is 5.75 Å². The Hall–Kier alpha value is -1.80. The second kappa shape index (κ2) is 5.06. The van der Waals surface area contributed by atoms with Gasteiger partial charge in [0.15, 0.2) is 0 Å². The number of nitrogens with one attached hydrogen (secondary N) is 1. The number of ether oxygens (including phenoxy) is 1. The topological polar surface area (TPSA) is 21.3 Å². The number of benzene rings is 2. The number of fused-ring (bicyclic) bond motifs is 1. The van der Waals surface area contributed by atoms with Gasteiger partial charge in [0.25, 0.3) is 0 Å². The van der Waals surface area contributed by atoms with Crippen LogP contribution in [0.3, 0.4) is 0 Å². The van der Waals surface area contributed by atoms with Crippen LogP contribution in [-0.2, 0) is 0 Å². The van der Waals surface area contributed by atoms with Crippen molar-refractivity contribution in [3.63, 3.8) is 0 Å². The molecule has 1 N–H and O–H groups in total. The quantitative estimate of drug-likeness (QED) is 0.879. The summed E-state index contributed by atoms with van der Waals surface area (Å²) in [6.45, 7) is 2.13. The highest BCUT2D eigenvalue weighted by molar-refractivity contribution is 5.72. The van der Waals surface area contributed by atoms with Crippen LogP contribution in [0, 0.1) is 0 Å². The maximum atomic E-state index is 6.11. The molecule has 2 atom stereocenters. The Morgan fingerprint density at radius 3 is 2.58 bits per heavy atom. The van der Waals surface area contributed by atoms with E-state index in [4.69, 9.17) is 4.74 Å². The second-order valence-electron chi connectivity index (χ2n) is 5.10. The summed E-state index contributed by atoms with van der Waals surface area (Å²) < 4.78 is 6.11. The third kappa shape index (κ3) is 2.24. The highest BCUT2D eigenvalue weighted by Crippen LogP contribution is 2.41. The first kappa shape index (κ1) is 12.2. The Kier molecular flexibility index (Phi) is 3.26. The van der Waals surface area contributed by atoms with Crippen LogP contribution in [0.5, 0.6) is 5.75 Å². The zero-order valence-electron chi connectivity index (χ0n) is 11.4. The molecular weight excluding hydrogens is 234 g/mol. The first-order valence-electron chi connectivity index (χ1n) is 6.82. The smallest absolute Gasteiger partial charge is 0.132 e.